The molecule has 0 radical (unpaired) electrons. The van der Waals surface area contributed by atoms with E-state index in [2.05, 4.69) is 10.2 Å². The number of aromatic amines is 1. The number of aromatic nitrogens is 3. The average Bonchev–Trinajstić information content (AvgIpc) is 2.84. The van der Waals surface area contributed by atoms with Crippen molar-refractivity contribution in [3.8, 4) is 11.4 Å². The normalized spacial score (nSPS) is 10.7. The number of rotatable bonds is 2. The first-order valence-electron chi connectivity index (χ1n) is 5.57. The Hall–Kier alpha value is -2.89. The molecule has 0 atom stereocenters. The largest absolute Gasteiger partial charge is 0.478 e. The Kier molecular flexibility index (Phi) is 2.42. The molecule has 0 saturated carbocycles. The van der Waals surface area contributed by atoms with E-state index in [4.69, 9.17) is 5.11 Å². The van der Waals surface area contributed by atoms with Crippen molar-refractivity contribution in [1.29, 1.82) is 0 Å². The minimum absolute atomic E-state index is 0.151. The van der Waals surface area contributed by atoms with Gasteiger partial charge in [0.05, 0.1) is 5.56 Å². The Balaban J connectivity index is 2.28. The van der Waals surface area contributed by atoms with E-state index >= 15 is 0 Å². The van der Waals surface area contributed by atoms with Crippen LogP contribution in [0.25, 0.3) is 17.0 Å². The molecule has 6 heteroatoms. The van der Waals surface area contributed by atoms with E-state index in [1.807, 2.05) is 0 Å². The van der Waals surface area contributed by atoms with Gasteiger partial charge in [-0.15, -0.1) is 0 Å². The lowest BCUT2D eigenvalue weighted by Gasteiger charge is -2.00. The van der Waals surface area contributed by atoms with Crippen molar-refractivity contribution < 1.29 is 9.90 Å². The molecule has 1 aromatic carbocycles. The quantitative estimate of drug-likeness (QED) is 0.724. The molecular weight excluding hydrogens is 246 g/mol. The Morgan fingerprint density at radius 3 is 2.79 bits per heavy atom. The second-order valence-electron chi connectivity index (χ2n) is 4.02. The van der Waals surface area contributed by atoms with Crippen LogP contribution >= 0.6 is 0 Å². The number of aromatic carboxylic acids is 1. The van der Waals surface area contributed by atoms with E-state index in [1.54, 1.807) is 24.3 Å². The highest BCUT2D eigenvalue weighted by molar-refractivity contribution is 5.89. The first kappa shape index (κ1) is 11.2. The number of benzene rings is 1. The predicted molar refractivity (Wildman–Crippen MR) is 68.2 cm³/mol. The number of hydrogen-bond donors (Lipinski definition) is 2. The Morgan fingerprint density at radius 2 is 2.00 bits per heavy atom. The smallest absolute Gasteiger partial charge is 0.335 e. The number of nitrogens with one attached hydrogen (secondary N) is 1. The van der Waals surface area contributed by atoms with Crippen LogP contribution in [0.15, 0.2) is 47.3 Å². The fourth-order valence-electron chi connectivity index (χ4n) is 1.94. The molecule has 6 nitrogen and oxygen atoms in total. The number of fused-ring (bicyclic) bond motifs is 1. The topological polar surface area (TPSA) is 87.5 Å². The first-order chi connectivity index (χ1) is 9.16. The van der Waals surface area contributed by atoms with E-state index in [-0.39, 0.29) is 11.1 Å². The minimum Gasteiger partial charge on any atom is -0.478 e. The molecule has 94 valence electrons. The van der Waals surface area contributed by atoms with Gasteiger partial charge in [-0.3, -0.25) is 9.89 Å². The van der Waals surface area contributed by atoms with Crippen LogP contribution in [-0.2, 0) is 0 Å². The van der Waals surface area contributed by atoms with Gasteiger partial charge in [0.25, 0.3) is 5.56 Å². The van der Waals surface area contributed by atoms with E-state index < -0.39 is 5.97 Å². The maximum atomic E-state index is 11.8. The zero-order valence-corrected chi connectivity index (χ0v) is 9.70. The highest BCUT2D eigenvalue weighted by Crippen LogP contribution is 2.18. The van der Waals surface area contributed by atoms with E-state index in [9.17, 15) is 9.59 Å². The lowest BCUT2D eigenvalue weighted by molar-refractivity contribution is 0.0697. The van der Waals surface area contributed by atoms with Gasteiger partial charge in [0.1, 0.15) is 5.65 Å². The van der Waals surface area contributed by atoms with Crippen molar-refractivity contribution in [3.05, 3.63) is 58.4 Å². The number of carboxylic acid groups (broad SMARTS) is 1. The van der Waals surface area contributed by atoms with Crippen molar-refractivity contribution in [2.45, 2.75) is 0 Å². The van der Waals surface area contributed by atoms with Gasteiger partial charge in [-0.2, -0.15) is 5.10 Å². The summed E-state index contributed by atoms with van der Waals surface area (Å²) in [6, 6.07) is 11.1. The molecule has 19 heavy (non-hydrogen) atoms. The molecule has 0 bridgehead atoms. The number of carbonyl (C=O) groups is 1. The molecule has 0 saturated heterocycles. The maximum Gasteiger partial charge on any atom is 0.335 e. The van der Waals surface area contributed by atoms with Gasteiger partial charge in [0.15, 0.2) is 5.82 Å². The molecule has 2 aromatic heterocycles. The summed E-state index contributed by atoms with van der Waals surface area (Å²) in [5.41, 5.74) is 1.06. The number of pyridine rings is 1. The van der Waals surface area contributed by atoms with Crippen LogP contribution < -0.4 is 5.56 Å². The van der Waals surface area contributed by atoms with Crippen LogP contribution in [0.4, 0.5) is 0 Å². The third kappa shape index (κ3) is 1.79. The molecule has 0 aliphatic rings. The predicted octanol–water partition coefficient (Wildman–Crippen LogP) is 1.39. The maximum absolute atomic E-state index is 11.8. The Bertz CT molecular complexity index is 832. The summed E-state index contributed by atoms with van der Waals surface area (Å²) in [6.45, 7) is 0. The second kappa shape index (κ2) is 4.09. The SMILES string of the molecule is O=C(O)c1cccc(-c2n[nH]c3cccc(=O)n23)c1. The molecule has 0 unspecified atom stereocenters. The molecule has 3 rings (SSSR count). The molecule has 0 aliphatic heterocycles. The average molecular weight is 255 g/mol. The van der Waals surface area contributed by atoms with Crippen LogP contribution in [0.2, 0.25) is 0 Å². The van der Waals surface area contributed by atoms with Gasteiger partial charge >= 0.3 is 5.97 Å². The zero-order chi connectivity index (χ0) is 13.4. The van der Waals surface area contributed by atoms with Crippen molar-refractivity contribution in [2.75, 3.05) is 0 Å². The summed E-state index contributed by atoms with van der Waals surface area (Å²) in [7, 11) is 0. The number of nitrogens with zero attached hydrogens (tertiary/aromatic N) is 2. The van der Waals surface area contributed by atoms with E-state index in [0.717, 1.165) is 0 Å². The van der Waals surface area contributed by atoms with Crippen LogP contribution in [-0.4, -0.2) is 25.7 Å². The Labute approximate surface area is 106 Å². The van der Waals surface area contributed by atoms with Gasteiger partial charge in [0.2, 0.25) is 0 Å². The fraction of sp³-hybridized carbons (Fsp3) is 0. The van der Waals surface area contributed by atoms with Gasteiger partial charge in [-0.25, -0.2) is 9.20 Å². The summed E-state index contributed by atoms with van der Waals surface area (Å²) in [6.07, 6.45) is 0. The molecular formula is C13H9N3O3. The van der Waals surface area contributed by atoms with Crippen molar-refractivity contribution in [1.82, 2.24) is 14.6 Å². The van der Waals surface area contributed by atoms with E-state index in [1.165, 1.54) is 22.6 Å². The summed E-state index contributed by atoms with van der Waals surface area (Å²) < 4.78 is 1.40. The highest BCUT2D eigenvalue weighted by Gasteiger charge is 2.11. The second-order valence-corrected chi connectivity index (χ2v) is 4.02. The molecule has 0 fully saturated rings. The number of carboxylic acids is 1. The highest BCUT2D eigenvalue weighted by atomic mass is 16.4. The number of H-pyrrole nitrogens is 1. The molecule has 2 heterocycles. The van der Waals surface area contributed by atoms with Crippen LogP contribution in [0.5, 0.6) is 0 Å². The van der Waals surface area contributed by atoms with Crippen molar-refractivity contribution in [3.63, 3.8) is 0 Å². The summed E-state index contributed by atoms with van der Waals surface area (Å²) >= 11 is 0. The third-order valence-electron chi connectivity index (χ3n) is 2.81. The monoisotopic (exact) mass is 255 g/mol. The van der Waals surface area contributed by atoms with Crippen molar-refractivity contribution >= 4 is 11.6 Å². The lowest BCUT2D eigenvalue weighted by Crippen LogP contribution is -2.11. The van der Waals surface area contributed by atoms with Gasteiger partial charge in [-0.1, -0.05) is 18.2 Å². The molecule has 0 spiro atoms. The van der Waals surface area contributed by atoms with E-state index in [0.29, 0.717) is 17.0 Å². The minimum atomic E-state index is -1.02. The van der Waals surface area contributed by atoms with Crippen LogP contribution in [0, 0.1) is 0 Å². The first-order valence-corrected chi connectivity index (χ1v) is 5.57. The Morgan fingerprint density at radius 1 is 1.21 bits per heavy atom. The van der Waals surface area contributed by atoms with Crippen LogP contribution in [0.1, 0.15) is 10.4 Å². The fourth-order valence-corrected chi connectivity index (χ4v) is 1.94. The van der Waals surface area contributed by atoms with Gasteiger partial charge in [-0.05, 0) is 18.2 Å². The zero-order valence-electron chi connectivity index (χ0n) is 9.70. The number of hydrogen-bond acceptors (Lipinski definition) is 3. The standard InChI is InChI=1S/C13H9N3O3/c17-11-6-2-5-10-14-15-12(16(10)11)8-3-1-4-9(7-8)13(18)19/h1-7,14H,(H,18,19). The van der Waals surface area contributed by atoms with Crippen molar-refractivity contribution in [2.24, 2.45) is 0 Å². The molecule has 2 N–H and O–H groups in total. The lowest BCUT2D eigenvalue weighted by atomic mass is 10.1. The van der Waals surface area contributed by atoms with Gasteiger partial charge < -0.3 is 5.11 Å². The summed E-state index contributed by atoms with van der Waals surface area (Å²) in [5, 5.41) is 15.8. The van der Waals surface area contributed by atoms with Crippen LogP contribution in [0.3, 0.4) is 0 Å². The summed E-state index contributed by atoms with van der Waals surface area (Å²) in [5.74, 6) is -0.627. The summed E-state index contributed by atoms with van der Waals surface area (Å²) in [4.78, 5) is 22.8. The molecule has 3 aromatic rings. The van der Waals surface area contributed by atoms with Gasteiger partial charge in [0, 0.05) is 11.6 Å². The molecule has 0 aliphatic carbocycles. The third-order valence-corrected chi connectivity index (χ3v) is 2.81. The molecule has 0 amide bonds.